The number of aryl methyl sites for hydroxylation is 1. The molecule has 1 aromatic carbocycles. The van der Waals surface area contributed by atoms with E-state index < -0.39 is 0 Å². The van der Waals surface area contributed by atoms with E-state index >= 15 is 0 Å². The number of nitrogens with two attached hydrogens (primary N) is 1. The number of hydrogen-bond acceptors (Lipinski definition) is 2. The maximum atomic E-state index is 5.84. The van der Waals surface area contributed by atoms with Gasteiger partial charge in [-0.1, -0.05) is 33.3 Å². The van der Waals surface area contributed by atoms with Gasteiger partial charge in [-0.2, -0.15) is 0 Å². The third-order valence-corrected chi connectivity index (χ3v) is 3.77. The van der Waals surface area contributed by atoms with E-state index in [4.69, 9.17) is 10.2 Å². The first-order valence-electron chi connectivity index (χ1n) is 6.95. The van der Waals surface area contributed by atoms with Gasteiger partial charge in [-0.3, -0.25) is 0 Å². The van der Waals surface area contributed by atoms with Crippen molar-refractivity contribution >= 4 is 11.0 Å². The Balaban J connectivity index is 2.55. The van der Waals surface area contributed by atoms with Gasteiger partial charge < -0.3 is 10.2 Å². The molecule has 0 spiro atoms. The van der Waals surface area contributed by atoms with Crippen LogP contribution in [0.5, 0.6) is 0 Å². The fraction of sp³-hybridized carbons (Fsp3) is 0.500. The average Bonchev–Trinajstić information content (AvgIpc) is 2.75. The highest BCUT2D eigenvalue weighted by Gasteiger charge is 2.14. The van der Waals surface area contributed by atoms with Crippen LogP contribution in [-0.2, 0) is 13.0 Å². The fourth-order valence-electron chi connectivity index (χ4n) is 2.45. The smallest absolute Gasteiger partial charge is 0.134 e. The lowest BCUT2D eigenvalue weighted by Crippen LogP contribution is -1.98. The first-order valence-corrected chi connectivity index (χ1v) is 6.95. The van der Waals surface area contributed by atoms with Crippen molar-refractivity contribution in [3.05, 3.63) is 35.1 Å². The van der Waals surface area contributed by atoms with Crippen LogP contribution in [0.4, 0.5) is 0 Å². The van der Waals surface area contributed by atoms with Crippen LogP contribution < -0.4 is 5.73 Å². The number of rotatable bonds is 5. The van der Waals surface area contributed by atoms with Crippen LogP contribution in [0.1, 0.15) is 56.4 Å². The summed E-state index contributed by atoms with van der Waals surface area (Å²) < 4.78 is 5.84. The zero-order valence-corrected chi connectivity index (χ0v) is 11.6. The Morgan fingerprint density at radius 3 is 2.67 bits per heavy atom. The minimum atomic E-state index is 0.489. The van der Waals surface area contributed by atoms with Crippen LogP contribution in [0.2, 0.25) is 0 Å². The van der Waals surface area contributed by atoms with Gasteiger partial charge in [0, 0.05) is 10.9 Å². The van der Waals surface area contributed by atoms with Crippen LogP contribution >= 0.6 is 0 Å². The van der Waals surface area contributed by atoms with Crippen molar-refractivity contribution in [2.24, 2.45) is 5.73 Å². The molecule has 0 aliphatic heterocycles. The Bertz CT molecular complexity index is 527. The highest BCUT2D eigenvalue weighted by atomic mass is 16.3. The number of fused-ring (bicyclic) bond motifs is 1. The van der Waals surface area contributed by atoms with Gasteiger partial charge in [0.05, 0.1) is 6.54 Å². The molecule has 0 bridgehead atoms. The summed E-state index contributed by atoms with van der Waals surface area (Å²) in [6.45, 7) is 7.17. The summed E-state index contributed by atoms with van der Waals surface area (Å²) in [7, 11) is 0. The summed E-state index contributed by atoms with van der Waals surface area (Å²) in [6, 6.07) is 6.56. The summed E-state index contributed by atoms with van der Waals surface area (Å²) in [4.78, 5) is 0. The Morgan fingerprint density at radius 2 is 2.06 bits per heavy atom. The molecule has 2 nitrogen and oxygen atoms in total. The topological polar surface area (TPSA) is 39.2 Å². The van der Waals surface area contributed by atoms with E-state index in [9.17, 15) is 0 Å². The van der Waals surface area contributed by atoms with Crippen LogP contribution in [0.15, 0.2) is 22.6 Å². The average molecular weight is 245 g/mol. The third kappa shape index (κ3) is 2.30. The summed E-state index contributed by atoms with van der Waals surface area (Å²) in [5, 5.41) is 1.26. The largest absolute Gasteiger partial charge is 0.459 e. The molecular formula is C16H23NO. The molecule has 0 fully saturated rings. The molecule has 1 unspecified atom stereocenters. The van der Waals surface area contributed by atoms with Crippen molar-refractivity contribution in [2.75, 3.05) is 0 Å². The van der Waals surface area contributed by atoms with E-state index in [1.54, 1.807) is 0 Å². The van der Waals surface area contributed by atoms with E-state index in [-0.39, 0.29) is 0 Å². The first kappa shape index (κ1) is 13.2. The molecule has 98 valence electrons. The third-order valence-electron chi connectivity index (χ3n) is 3.77. The van der Waals surface area contributed by atoms with Crippen molar-refractivity contribution in [3.8, 4) is 0 Å². The van der Waals surface area contributed by atoms with E-state index in [1.807, 2.05) is 0 Å². The Kier molecular flexibility index (Phi) is 4.07. The molecule has 0 radical (unpaired) electrons. The van der Waals surface area contributed by atoms with Gasteiger partial charge in [-0.25, -0.2) is 0 Å². The van der Waals surface area contributed by atoms with Crippen LogP contribution in [0.25, 0.3) is 11.0 Å². The van der Waals surface area contributed by atoms with E-state index in [2.05, 4.69) is 39.0 Å². The van der Waals surface area contributed by atoms with Crippen molar-refractivity contribution in [2.45, 2.75) is 52.5 Å². The second-order valence-electron chi connectivity index (χ2n) is 5.02. The van der Waals surface area contributed by atoms with Gasteiger partial charge in [0.1, 0.15) is 11.3 Å². The highest BCUT2D eigenvalue weighted by molar-refractivity contribution is 5.83. The fourth-order valence-corrected chi connectivity index (χ4v) is 2.45. The molecule has 0 amide bonds. The van der Waals surface area contributed by atoms with E-state index in [0.717, 1.165) is 30.6 Å². The Morgan fingerprint density at radius 1 is 1.28 bits per heavy atom. The summed E-state index contributed by atoms with van der Waals surface area (Å²) in [6.07, 6.45) is 3.33. The lowest BCUT2D eigenvalue weighted by atomic mass is 9.95. The van der Waals surface area contributed by atoms with Crippen molar-refractivity contribution in [1.29, 1.82) is 0 Å². The molecule has 0 aliphatic rings. The quantitative estimate of drug-likeness (QED) is 0.850. The Hall–Kier alpha value is -1.28. The molecule has 2 N–H and O–H groups in total. The molecule has 0 aliphatic carbocycles. The molecule has 1 atom stereocenters. The number of furan rings is 1. The van der Waals surface area contributed by atoms with Gasteiger partial charge in [0.2, 0.25) is 0 Å². The minimum Gasteiger partial charge on any atom is -0.459 e. The van der Waals surface area contributed by atoms with Crippen molar-refractivity contribution in [1.82, 2.24) is 0 Å². The van der Waals surface area contributed by atoms with Crippen molar-refractivity contribution in [3.63, 3.8) is 0 Å². The first-order chi connectivity index (χ1) is 8.71. The zero-order chi connectivity index (χ0) is 13.1. The standard InChI is InChI=1S/C16H23NO/c1-4-6-13-14-9-12(11(3)5-2)7-8-15(14)18-16(13)10-17/h7-9,11H,4-6,10,17H2,1-3H3. The maximum absolute atomic E-state index is 5.84. The lowest BCUT2D eigenvalue weighted by molar-refractivity contribution is 0.544. The molecule has 2 heteroatoms. The minimum absolute atomic E-state index is 0.489. The van der Waals surface area contributed by atoms with Crippen LogP contribution in [0, 0.1) is 0 Å². The van der Waals surface area contributed by atoms with Crippen LogP contribution in [0.3, 0.4) is 0 Å². The van der Waals surface area contributed by atoms with Gasteiger partial charge >= 0.3 is 0 Å². The van der Waals surface area contributed by atoms with Gasteiger partial charge in [-0.15, -0.1) is 0 Å². The van der Waals surface area contributed by atoms with Gasteiger partial charge in [0.15, 0.2) is 0 Å². The molecule has 1 aromatic heterocycles. The number of benzene rings is 1. The molecular weight excluding hydrogens is 222 g/mol. The second kappa shape index (κ2) is 5.57. The van der Waals surface area contributed by atoms with E-state index in [1.165, 1.54) is 16.5 Å². The summed E-state index contributed by atoms with van der Waals surface area (Å²) >= 11 is 0. The molecule has 1 heterocycles. The summed E-state index contributed by atoms with van der Waals surface area (Å²) in [5.41, 5.74) is 9.45. The summed E-state index contributed by atoms with van der Waals surface area (Å²) in [5.74, 6) is 1.55. The SMILES string of the molecule is CCCc1c(CN)oc2ccc(C(C)CC)cc12. The predicted octanol–water partition coefficient (Wildman–Crippen LogP) is 4.36. The molecule has 2 aromatic rings. The number of hydrogen-bond donors (Lipinski definition) is 1. The normalized spacial score (nSPS) is 13.1. The molecule has 18 heavy (non-hydrogen) atoms. The van der Waals surface area contributed by atoms with Crippen LogP contribution in [-0.4, -0.2) is 0 Å². The molecule has 2 rings (SSSR count). The van der Waals surface area contributed by atoms with Gasteiger partial charge in [-0.05, 0) is 36.5 Å². The maximum Gasteiger partial charge on any atom is 0.134 e. The Labute approximate surface area is 109 Å². The molecule has 0 saturated carbocycles. The predicted molar refractivity (Wildman–Crippen MR) is 76.8 cm³/mol. The second-order valence-corrected chi connectivity index (χ2v) is 5.02. The zero-order valence-electron chi connectivity index (χ0n) is 11.6. The highest BCUT2D eigenvalue weighted by Crippen LogP contribution is 2.30. The molecule has 0 saturated heterocycles. The lowest BCUT2D eigenvalue weighted by Gasteiger charge is -2.08. The van der Waals surface area contributed by atoms with Crippen molar-refractivity contribution < 1.29 is 4.42 Å². The monoisotopic (exact) mass is 245 g/mol. The van der Waals surface area contributed by atoms with Gasteiger partial charge in [0.25, 0.3) is 0 Å². The van der Waals surface area contributed by atoms with E-state index in [0.29, 0.717) is 12.5 Å².